The molecular weight excluding hydrogens is 238 g/mol. The maximum absolute atomic E-state index is 12.2. The summed E-state index contributed by atoms with van der Waals surface area (Å²) in [5.74, 6) is -0.0326. The van der Waals surface area contributed by atoms with Crippen LogP contribution in [0.3, 0.4) is 0 Å². The van der Waals surface area contributed by atoms with Gasteiger partial charge in [-0.3, -0.25) is 0 Å². The van der Waals surface area contributed by atoms with Gasteiger partial charge in [0.05, 0.1) is 4.90 Å². The van der Waals surface area contributed by atoms with Crippen molar-refractivity contribution in [2.45, 2.75) is 18.2 Å². The van der Waals surface area contributed by atoms with Gasteiger partial charge < -0.3 is 5.11 Å². The van der Waals surface area contributed by atoms with Crippen molar-refractivity contribution in [2.75, 3.05) is 13.1 Å². The second kappa shape index (κ2) is 4.50. The number of aromatic hydroxyl groups is 1. The predicted octanol–water partition coefficient (Wildman–Crippen LogP) is 1.73. The maximum atomic E-state index is 12.2. The third kappa shape index (κ3) is 2.50. The number of phenolic OH excluding ortho intramolecular Hbond substituents is 1. The lowest BCUT2D eigenvalue weighted by molar-refractivity contribution is 0.430. The van der Waals surface area contributed by atoms with Crippen molar-refractivity contribution in [1.82, 2.24) is 4.31 Å². The summed E-state index contributed by atoms with van der Waals surface area (Å²) >= 11 is 0. The Kier molecular flexibility index (Phi) is 3.22. The molecule has 0 aliphatic carbocycles. The van der Waals surface area contributed by atoms with Gasteiger partial charge in [-0.05, 0) is 31.5 Å². The first-order chi connectivity index (χ1) is 8.00. The molecule has 1 N–H and O–H groups in total. The molecule has 0 radical (unpaired) electrons. The normalized spacial score (nSPS) is 17.8. The molecule has 92 valence electrons. The lowest BCUT2D eigenvalue weighted by Crippen LogP contribution is -2.34. The first-order valence-electron chi connectivity index (χ1n) is 5.45. The molecule has 1 aromatic rings. The van der Waals surface area contributed by atoms with Gasteiger partial charge in [-0.15, -0.1) is 0 Å². The summed E-state index contributed by atoms with van der Waals surface area (Å²) < 4.78 is 25.9. The summed E-state index contributed by atoms with van der Waals surface area (Å²) in [4.78, 5) is 0.144. The number of rotatable bonds is 2. The van der Waals surface area contributed by atoms with Crippen LogP contribution in [-0.4, -0.2) is 30.9 Å². The minimum Gasteiger partial charge on any atom is -0.508 e. The van der Waals surface area contributed by atoms with Gasteiger partial charge in [0.15, 0.2) is 0 Å². The van der Waals surface area contributed by atoms with E-state index in [0.717, 1.165) is 6.42 Å². The highest BCUT2D eigenvalue weighted by atomic mass is 32.2. The second-order valence-corrected chi connectivity index (χ2v) is 6.10. The molecule has 0 saturated heterocycles. The second-order valence-electron chi connectivity index (χ2n) is 4.16. The molecule has 0 aromatic heterocycles. The number of hydrogen-bond donors (Lipinski definition) is 1. The quantitative estimate of drug-likeness (QED) is 0.817. The molecule has 1 heterocycles. The van der Waals surface area contributed by atoms with Gasteiger partial charge in [0.2, 0.25) is 10.0 Å². The highest BCUT2D eigenvalue weighted by molar-refractivity contribution is 7.89. The topological polar surface area (TPSA) is 57.6 Å². The zero-order chi connectivity index (χ0) is 12.5. The molecule has 0 unspecified atom stereocenters. The fourth-order valence-corrected chi connectivity index (χ4v) is 3.18. The minimum atomic E-state index is -3.48. The van der Waals surface area contributed by atoms with Crippen LogP contribution < -0.4 is 0 Å². The van der Waals surface area contributed by atoms with Gasteiger partial charge in [0.1, 0.15) is 5.75 Å². The summed E-state index contributed by atoms with van der Waals surface area (Å²) in [6.07, 6.45) is 2.68. The van der Waals surface area contributed by atoms with Crippen molar-refractivity contribution in [1.29, 1.82) is 0 Å². The smallest absolute Gasteiger partial charge is 0.243 e. The molecule has 5 heteroatoms. The molecular formula is C12H15NO3S. The standard InChI is InChI=1S/C12H15NO3S/c1-10-5-7-13(8-6-10)17(15,16)12-4-2-3-11(14)9-12/h2-5,9,14H,6-8H2,1H3. The highest BCUT2D eigenvalue weighted by Crippen LogP contribution is 2.22. The Balaban J connectivity index is 2.31. The van der Waals surface area contributed by atoms with Crippen molar-refractivity contribution >= 4 is 10.0 Å². The fraction of sp³-hybridized carbons (Fsp3) is 0.333. The average Bonchev–Trinajstić information content (AvgIpc) is 2.29. The Hall–Kier alpha value is -1.33. The number of nitrogens with zero attached hydrogens (tertiary/aromatic N) is 1. The van der Waals surface area contributed by atoms with E-state index in [1.54, 1.807) is 0 Å². The van der Waals surface area contributed by atoms with Crippen molar-refractivity contribution in [3.05, 3.63) is 35.9 Å². The minimum absolute atomic E-state index is 0.0326. The van der Waals surface area contributed by atoms with Crippen molar-refractivity contribution in [3.8, 4) is 5.75 Å². The monoisotopic (exact) mass is 253 g/mol. The maximum Gasteiger partial charge on any atom is 0.243 e. The fourth-order valence-electron chi connectivity index (χ4n) is 1.76. The number of phenols is 1. The SMILES string of the molecule is CC1=CCN(S(=O)(=O)c2cccc(O)c2)CC1. The largest absolute Gasteiger partial charge is 0.508 e. The van der Waals surface area contributed by atoms with Crippen LogP contribution in [0.4, 0.5) is 0 Å². The molecule has 0 spiro atoms. The van der Waals surface area contributed by atoms with Gasteiger partial charge in [0, 0.05) is 13.1 Å². The summed E-state index contributed by atoms with van der Waals surface area (Å²) in [5, 5.41) is 9.32. The van der Waals surface area contributed by atoms with E-state index in [0.29, 0.717) is 13.1 Å². The van der Waals surface area contributed by atoms with Crippen molar-refractivity contribution < 1.29 is 13.5 Å². The lowest BCUT2D eigenvalue weighted by atomic mass is 10.1. The van der Waals surface area contributed by atoms with Crippen LogP contribution in [-0.2, 0) is 10.0 Å². The van der Waals surface area contributed by atoms with E-state index in [1.165, 1.54) is 34.1 Å². The molecule has 1 aromatic carbocycles. The van der Waals surface area contributed by atoms with Crippen molar-refractivity contribution in [3.63, 3.8) is 0 Å². The molecule has 4 nitrogen and oxygen atoms in total. The van der Waals surface area contributed by atoms with Crippen LogP contribution in [0, 0.1) is 0 Å². The third-order valence-electron chi connectivity index (χ3n) is 2.85. The summed E-state index contributed by atoms with van der Waals surface area (Å²) in [7, 11) is -3.48. The van der Waals surface area contributed by atoms with Crippen LogP contribution in [0.5, 0.6) is 5.75 Å². The van der Waals surface area contributed by atoms with Gasteiger partial charge in [-0.1, -0.05) is 17.7 Å². The average molecular weight is 253 g/mol. The highest BCUT2D eigenvalue weighted by Gasteiger charge is 2.25. The number of hydrogen-bond acceptors (Lipinski definition) is 3. The summed E-state index contributed by atoms with van der Waals surface area (Å²) in [5.41, 5.74) is 1.22. The van der Waals surface area contributed by atoms with Gasteiger partial charge in [-0.25, -0.2) is 8.42 Å². The Morgan fingerprint density at radius 3 is 2.71 bits per heavy atom. The lowest BCUT2D eigenvalue weighted by Gasteiger charge is -2.24. The Bertz CT molecular complexity index is 549. The van der Waals surface area contributed by atoms with E-state index < -0.39 is 10.0 Å². The van der Waals surface area contributed by atoms with Gasteiger partial charge in [0.25, 0.3) is 0 Å². The van der Waals surface area contributed by atoms with E-state index in [4.69, 9.17) is 0 Å². The molecule has 1 aliphatic rings. The van der Waals surface area contributed by atoms with Crippen LogP contribution in [0.1, 0.15) is 13.3 Å². The molecule has 2 rings (SSSR count). The zero-order valence-electron chi connectivity index (χ0n) is 9.63. The Morgan fingerprint density at radius 1 is 1.35 bits per heavy atom. The van der Waals surface area contributed by atoms with Crippen molar-refractivity contribution in [2.24, 2.45) is 0 Å². The molecule has 0 fully saturated rings. The zero-order valence-corrected chi connectivity index (χ0v) is 10.4. The predicted molar refractivity (Wildman–Crippen MR) is 65.2 cm³/mol. The molecule has 0 amide bonds. The third-order valence-corrected chi connectivity index (χ3v) is 4.72. The van der Waals surface area contributed by atoms with Crippen LogP contribution in [0.15, 0.2) is 40.8 Å². The van der Waals surface area contributed by atoms with E-state index >= 15 is 0 Å². The van der Waals surface area contributed by atoms with Gasteiger partial charge in [-0.2, -0.15) is 4.31 Å². The molecule has 1 aliphatic heterocycles. The molecule has 17 heavy (non-hydrogen) atoms. The summed E-state index contributed by atoms with van der Waals surface area (Å²) in [6.45, 7) is 2.91. The molecule has 0 atom stereocenters. The Morgan fingerprint density at radius 2 is 2.12 bits per heavy atom. The van der Waals surface area contributed by atoms with E-state index in [2.05, 4.69) is 0 Å². The number of sulfonamides is 1. The number of benzene rings is 1. The van der Waals surface area contributed by atoms with E-state index in [9.17, 15) is 13.5 Å². The van der Waals surface area contributed by atoms with Crippen LogP contribution in [0.25, 0.3) is 0 Å². The summed E-state index contributed by atoms with van der Waals surface area (Å²) in [6, 6.07) is 5.77. The first kappa shape index (κ1) is 12.1. The van der Waals surface area contributed by atoms with Crippen LogP contribution >= 0.6 is 0 Å². The first-order valence-corrected chi connectivity index (χ1v) is 6.89. The Labute approximate surface area is 101 Å². The van der Waals surface area contributed by atoms with Crippen LogP contribution in [0.2, 0.25) is 0 Å². The van der Waals surface area contributed by atoms with E-state index in [-0.39, 0.29) is 10.6 Å². The van der Waals surface area contributed by atoms with Gasteiger partial charge >= 0.3 is 0 Å². The molecule has 0 saturated carbocycles. The molecule has 0 bridgehead atoms. The van der Waals surface area contributed by atoms with E-state index in [1.807, 2.05) is 13.0 Å².